The molecule has 3 aromatic rings. The molecule has 6 heteroatoms. The summed E-state index contributed by atoms with van der Waals surface area (Å²) in [7, 11) is 0. The first-order chi connectivity index (χ1) is 13.2. The van der Waals surface area contributed by atoms with Crippen LogP contribution in [0.1, 0.15) is 35.9 Å². The third-order valence-corrected chi connectivity index (χ3v) is 4.64. The molecule has 2 heterocycles. The van der Waals surface area contributed by atoms with E-state index in [1.54, 1.807) is 0 Å². The second kappa shape index (κ2) is 7.61. The van der Waals surface area contributed by atoms with Gasteiger partial charge >= 0.3 is 0 Å². The van der Waals surface area contributed by atoms with E-state index in [0.717, 1.165) is 23.3 Å². The molecule has 138 valence electrons. The number of amides is 1. The molecule has 2 aromatic carbocycles. The number of para-hydroxylation sites is 1. The van der Waals surface area contributed by atoms with Crippen LogP contribution in [0.2, 0.25) is 0 Å². The number of nitrogens with one attached hydrogen (secondary N) is 1. The molecule has 1 aliphatic rings. The smallest absolute Gasteiger partial charge is 0.227 e. The van der Waals surface area contributed by atoms with E-state index >= 15 is 0 Å². The van der Waals surface area contributed by atoms with Gasteiger partial charge in [0.2, 0.25) is 17.6 Å². The molecule has 0 radical (unpaired) electrons. The van der Waals surface area contributed by atoms with E-state index in [0.29, 0.717) is 31.2 Å². The zero-order chi connectivity index (χ0) is 18.6. The topological polar surface area (TPSA) is 77.2 Å². The second-order valence-electron chi connectivity index (χ2n) is 6.67. The molecular formula is C21H21N3O3. The normalized spacial score (nSPS) is 15.7. The predicted molar refractivity (Wildman–Crippen MR) is 100 cm³/mol. The van der Waals surface area contributed by atoms with Gasteiger partial charge in [-0.15, -0.1) is 0 Å². The number of aryl methyl sites for hydroxylation is 2. The highest BCUT2D eigenvalue weighted by Gasteiger charge is 2.22. The van der Waals surface area contributed by atoms with Crippen LogP contribution < -0.4 is 10.1 Å². The highest BCUT2D eigenvalue weighted by molar-refractivity contribution is 5.76. The minimum absolute atomic E-state index is 0.0201. The Kier molecular flexibility index (Phi) is 4.87. The Hall–Kier alpha value is -3.15. The van der Waals surface area contributed by atoms with Crippen molar-refractivity contribution in [3.63, 3.8) is 0 Å². The van der Waals surface area contributed by atoms with Crippen LogP contribution >= 0.6 is 0 Å². The van der Waals surface area contributed by atoms with Crippen LogP contribution in [-0.4, -0.2) is 22.7 Å². The average molecular weight is 363 g/mol. The molecular weight excluding hydrogens is 342 g/mol. The molecule has 1 N–H and O–H groups in total. The number of nitrogens with zero attached hydrogens (tertiary/aromatic N) is 2. The number of aromatic nitrogens is 2. The summed E-state index contributed by atoms with van der Waals surface area (Å²) in [6, 6.07) is 15.7. The Morgan fingerprint density at radius 3 is 2.85 bits per heavy atom. The zero-order valence-electron chi connectivity index (χ0n) is 15.1. The number of carbonyl (C=O) groups excluding carboxylic acids is 1. The molecule has 0 saturated carbocycles. The van der Waals surface area contributed by atoms with Crippen molar-refractivity contribution >= 4 is 5.91 Å². The fourth-order valence-corrected chi connectivity index (χ4v) is 3.16. The van der Waals surface area contributed by atoms with Crippen molar-refractivity contribution in [2.75, 3.05) is 6.61 Å². The maximum absolute atomic E-state index is 12.4. The maximum atomic E-state index is 12.4. The first-order valence-corrected chi connectivity index (χ1v) is 9.10. The van der Waals surface area contributed by atoms with Crippen LogP contribution in [0.4, 0.5) is 0 Å². The van der Waals surface area contributed by atoms with Gasteiger partial charge in [0.1, 0.15) is 5.75 Å². The standard InChI is InChI=1S/C21H21N3O3/c1-14-6-8-15(9-7-14)21-23-20(27-24-21)11-10-19(25)22-17-12-13-26-18-5-3-2-4-16(17)18/h2-9,17H,10-13H2,1H3,(H,22,25). The van der Waals surface area contributed by atoms with Crippen molar-refractivity contribution < 1.29 is 14.1 Å². The summed E-state index contributed by atoms with van der Waals surface area (Å²) >= 11 is 0. The first kappa shape index (κ1) is 17.3. The summed E-state index contributed by atoms with van der Waals surface area (Å²) in [5.74, 6) is 1.82. The summed E-state index contributed by atoms with van der Waals surface area (Å²) < 4.78 is 10.9. The van der Waals surface area contributed by atoms with Crippen molar-refractivity contribution in [1.29, 1.82) is 0 Å². The van der Waals surface area contributed by atoms with Gasteiger partial charge in [-0.1, -0.05) is 53.2 Å². The number of hydrogen-bond acceptors (Lipinski definition) is 5. The van der Waals surface area contributed by atoms with Gasteiger partial charge in [0.05, 0.1) is 12.6 Å². The minimum atomic E-state index is -0.0354. The van der Waals surface area contributed by atoms with E-state index in [-0.39, 0.29) is 11.9 Å². The van der Waals surface area contributed by atoms with Gasteiger partial charge in [0, 0.05) is 30.4 Å². The second-order valence-corrected chi connectivity index (χ2v) is 6.67. The van der Waals surface area contributed by atoms with Crippen LogP contribution in [0.3, 0.4) is 0 Å². The molecule has 0 spiro atoms. The van der Waals surface area contributed by atoms with Crippen LogP contribution in [0, 0.1) is 6.92 Å². The Bertz CT molecular complexity index is 934. The molecule has 1 amide bonds. The van der Waals surface area contributed by atoms with E-state index in [1.165, 1.54) is 5.56 Å². The van der Waals surface area contributed by atoms with Crippen molar-refractivity contribution in [1.82, 2.24) is 15.5 Å². The lowest BCUT2D eigenvalue weighted by atomic mass is 10.0. The molecule has 1 atom stereocenters. The lowest BCUT2D eigenvalue weighted by Crippen LogP contribution is -2.32. The van der Waals surface area contributed by atoms with Gasteiger partial charge in [-0.05, 0) is 13.0 Å². The molecule has 6 nitrogen and oxygen atoms in total. The summed E-state index contributed by atoms with van der Waals surface area (Å²) in [5.41, 5.74) is 3.10. The van der Waals surface area contributed by atoms with E-state index in [2.05, 4.69) is 15.5 Å². The highest BCUT2D eigenvalue weighted by Crippen LogP contribution is 2.31. The van der Waals surface area contributed by atoms with Crippen LogP contribution in [-0.2, 0) is 11.2 Å². The Morgan fingerprint density at radius 1 is 1.19 bits per heavy atom. The van der Waals surface area contributed by atoms with Crippen molar-refractivity contribution in [3.8, 4) is 17.1 Å². The molecule has 0 fully saturated rings. The summed E-state index contributed by atoms with van der Waals surface area (Å²) in [5, 5.41) is 7.09. The van der Waals surface area contributed by atoms with Gasteiger partial charge in [-0.25, -0.2) is 0 Å². The number of benzene rings is 2. The van der Waals surface area contributed by atoms with E-state index in [1.807, 2.05) is 55.5 Å². The number of ether oxygens (including phenoxy) is 1. The quantitative estimate of drug-likeness (QED) is 0.749. The third kappa shape index (κ3) is 4.00. The van der Waals surface area contributed by atoms with Crippen LogP contribution in [0.5, 0.6) is 5.75 Å². The van der Waals surface area contributed by atoms with E-state index in [4.69, 9.17) is 9.26 Å². The predicted octanol–water partition coefficient (Wildman–Crippen LogP) is 3.62. The van der Waals surface area contributed by atoms with Crippen LogP contribution in [0.15, 0.2) is 53.1 Å². The molecule has 1 aliphatic heterocycles. The lowest BCUT2D eigenvalue weighted by molar-refractivity contribution is -0.122. The van der Waals surface area contributed by atoms with E-state index in [9.17, 15) is 4.79 Å². The number of rotatable bonds is 5. The molecule has 0 bridgehead atoms. The molecule has 27 heavy (non-hydrogen) atoms. The molecule has 1 aromatic heterocycles. The third-order valence-electron chi connectivity index (χ3n) is 4.64. The van der Waals surface area contributed by atoms with Crippen molar-refractivity contribution in [3.05, 3.63) is 65.5 Å². The highest BCUT2D eigenvalue weighted by atomic mass is 16.5. The molecule has 0 aliphatic carbocycles. The number of hydrogen-bond donors (Lipinski definition) is 1. The summed E-state index contributed by atoms with van der Waals surface area (Å²) in [4.78, 5) is 16.8. The summed E-state index contributed by atoms with van der Waals surface area (Å²) in [6.45, 7) is 2.63. The Labute approximate surface area is 157 Å². The Balaban J connectivity index is 1.34. The monoisotopic (exact) mass is 363 g/mol. The first-order valence-electron chi connectivity index (χ1n) is 9.10. The molecule has 1 unspecified atom stereocenters. The summed E-state index contributed by atoms with van der Waals surface area (Å²) in [6.07, 6.45) is 1.48. The lowest BCUT2D eigenvalue weighted by Gasteiger charge is -2.26. The maximum Gasteiger partial charge on any atom is 0.227 e. The molecule has 4 rings (SSSR count). The minimum Gasteiger partial charge on any atom is -0.493 e. The van der Waals surface area contributed by atoms with Crippen molar-refractivity contribution in [2.24, 2.45) is 0 Å². The van der Waals surface area contributed by atoms with Gasteiger partial charge in [0.15, 0.2) is 0 Å². The van der Waals surface area contributed by atoms with Gasteiger partial charge in [-0.2, -0.15) is 4.98 Å². The number of carbonyl (C=O) groups is 1. The molecule has 0 saturated heterocycles. The zero-order valence-corrected chi connectivity index (χ0v) is 15.1. The van der Waals surface area contributed by atoms with Gasteiger partial charge < -0.3 is 14.6 Å². The fourth-order valence-electron chi connectivity index (χ4n) is 3.16. The van der Waals surface area contributed by atoms with Crippen LogP contribution in [0.25, 0.3) is 11.4 Å². The fraction of sp³-hybridized carbons (Fsp3) is 0.286. The van der Waals surface area contributed by atoms with Gasteiger partial charge in [-0.3, -0.25) is 4.79 Å². The number of fused-ring (bicyclic) bond motifs is 1. The van der Waals surface area contributed by atoms with Crippen molar-refractivity contribution in [2.45, 2.75) is 32.2 Å². The van der Waals surface area contributed by atoms with Gasteiger partial charge in [0.25, 0.3) is 0 Å². The SMILES string of the molecule is Cc1ccc(-c2noc(CCC(=O)NC3CCOc4ccccc43)n2)cc1. The Morgan fingerprint density at radius 2 is 2.00 bits per heavy atom. The largest absolute Gasteiger partial charge is 0.493 e. The average Bonchev–Trinajstić information content (AvgIpc) is 3.16. The van der Waals surface area contributed by atoms with E-state index < -0.39 is 0 Å².